The van der Waals surface area contributed by atoms with Crippen molar-refractivity contribution in [3.05, 3.63) is 79.9 Å². The molecular formula is C22H21BrN4O3S. The van der Waals surface area contributed by atoms with Gasteiger partial charge in [0.15, 0.2) is 0 Å². The highest BCUT2D eigenvalue weighted by atomic mass is 79.9. The Balaban J connectivity index is 1.70. The number of nitrogens with one attached hydrogen (secondary N) is 1. The number of ketones is 1. The summed E-state index contributed by atoms with van der Waals surface area (Å²) in [6.45, 7) is 4.61. The van der Waals surface area contributed by atoms with Gasteiger partial charge in [0.1, 0.15) is 12.4 Å². The van der Waals surface area contributed by atoms with E-state index >= 15 is 0 Å². The Kier molecular flexibility index (Phi) is 6.06. The number of Topliss-reactive ketones (excluding diaryl/α,β-unsaturated/α-hetero) is 1. The minimum absolute atomic E-state index is 0.00384. The van der Waals surface area contributed by atoms with Crippen LogP contribution in [0.15, 0.2) is 58.8 Å². The number of aryl methyl sites for hydroxylation is 3. The number of imidazole rings is 1. The average Bonchev–Trinajstić information content (AvgIpc) is 3.42. The summed E-state index contributed by atoms with van der Waals surface area (Å²) >= 11 is 4.71. The number of carbonyl (C=O) groups is 2. The molecule has 3 aromatic rings. The smallest absolute Gasteiger partial charge is 0.241 e. The van der Waals surface area contributed by atoms with Crippen molar-refractivity contribution in [2.24, 2.45) is 0 Å². The maximum absolute atomic E-state index is 13.4. The molecule has 0 aliphatic carbocycles. The van der Waals surface area contributed by atoms with Crippen LogP contribution in [0.2, 0.25) is 0 Å². The van der Waals surface area contributed by atoms with Crippen LogP contribution in [0.4, 0.5) is 0 Å². The second kappa shape index (κ2) is 8.76. The topological polar surface area (TPSA) is 93.0 Å². The molecule has 1 aliphatic heterocycles. The summed E-state index contributed by atoms with van der Waals surface area (Å²) in [5.74, 6) is -1.77. The zero-order chi connectivity index (χ0) is 22.1. The average molecular weight is 501 g/mol. The van der Waals surface area contributed by atoms with Crippen molar-refractivity contribution in [1.82, 2.24) is 14.9 Å². The van der Waals surface area contributed by atoms with Crippen molar-refractivity contribution in [2.45, 2.75) is 32.9 Å². The van der Waals surface area contributed by atoms with Gasteiger partial charge in [-0.3, -0.25) is 14.6 Å². The summed E-state index contributed by atoms with van der Waals surface area (Å²) in [5.41, 5.74) is 1.31. The quantitative estimate of drug-likeness (QED) is 0.398. The lowest BCUT2D eigenvalue weighted by molar-refractivity contribution is -0.695. The van der Waals surface area contributed by atoms with Crippen molar-refractivity contribution in [2.75, 3.05) is 6.54 Å². The standard InChI is InChI=1S/C22H21BrN4O3S/c1-13-21(31-14(2)25-13)19(28)17-18(15-5-3-6-16(23)11-15)27(22(30)20(17)29)9-4-8-26-10-7-24-12-26/h3,5-7,10-12,18H,4,8-9H2,1-2H3,(H,28,29). The van der Waals surface area contributed by atoms with Gasteiger partial charge in [0.2, 0.25) is 18.0 Å². The van der Waals surface area contributed by atoms with E-state index in [0.29, 0.717) is 30.1 Å². The number of hydrogen-bond donors (Lipinski definition) is 1. The van der Waals surface area contributed by atoms with Crippen molar-refractivity contribution >= 4 is 39.0 Å². The first-order chi connectivity index (χ1) is 14.9. The molecule has 0 fully saturated rings. The fraction of sp³-hybridized carbons (Fsp3) is 0.273. The monoisotopic (exact) mass is 500 g/mol. The molecule has 2 aromatic heterocycles. The molecule has 1 amide bonds. The van der Waals surface area contributed by atoms with Crippen LogP contribution in [-0.4, -0.2) is 33.1 Å². The summed E-state index contributed by atoms with van der Waals surface area (Å²) in [7, 11) is 0. The van der Waals surface area contributed by atoms with Crippen LogP contribution in [0.3, 0.4) is 0 Å². The Morgan fingerprint density at radius 2 is 2.19 bits per heavy atom. The summed E-state index contributed by atoms with van der Waals surface area (Å²) in [5, 5.41) is 13.8. The molecular weight excluding hydrogens is 480 g/mol. The van der Waals surface area contributed by atoms with Gasteiger partial charge in [-0.2, -0.15) is 0 Å². The van der Waals surface area contributed by atoms with Crippen LogP contribution in [0, 0.1) is 13.8 Å². The Labute approximate surface area is 192 Å². The van der Waals surface area contributed by atoms with Crippen LogP contribution >= 0.6 is 27.3 Å². The zero-order valence-corrected chi connectivity index (χ0v) is 19.5. The predicted molar refractivity (Wildman–Crippen MR) is 117 cm³/mol. The number of H-pyrrole nitrogens is 1. The third-order valence-electron chi connectivity index (χ3n) is 5.22. The van der Waals surface area contributed by atoms with Gasteiger partial charge in [-0.1, -0.05) is 28.1 Å². The molecule has 1 unspecified atom stereocenters. The Morgan fingerprint density at radius 1 is 1.39 bits per heavy atom. The van der Waals surface area contributed by atoms with Gasteiger partial charge in [0, 0.05) is 23.0 Å². The first-order valence-electron chi connectivity index (χ1n) is 9.85. The summed E-state index contributed by atoms with van der Waals surface area (Å²) in [6.07, 6.45) is 6.20. The molecule has 7 nitrogen and oxygen atoms in total. The molecule has 31 heavy (non-hydrogen) atoms. The summed E-state index contributed by atoms with van der Waals surface area (Å²) < 4.78 is 2.78. The van der Waals surface area contributed by atoms with Crippen molar-refractivity contribution in [1.29, 1.82) is 0 Å². The highest BCUT2D eigenvalue weighted by Crippen LogP contribution is 2.40. The molecule has 9 heteroatoms. The Morgan fingerprint density at radius 3 is 2.84 bits per heavy atom. The molecule has 3 heterocycles. The lowest BCUT2D eigenvalue weighted by Gasteiger charge is -2.27. The SMILES string of the molecule is Cc1nc(C)c(C(=O)C2=C([O-])C(=O)N(CCC[n+]3cc[nH]c3)C2c2cccc(Br)c2)s1. The molecule has 1 atom stereocenters. The summed E-state index contributed by atoms with van der Waals surface area (Å²) in [6, 6.07) is 6.68. The number of carbonyl (C=O) groups excluding carboxylic acids is 2. The van der Waals surface area contributed by atoms with Crippen LogP contribution in [-0.2, 0) is 11.3 Å². The largest absolute Gasteiger partial charge is 0.868 e. The van der Waals surface area contributed by atoms with E-state index in [2.05, 4.69) is 25.9 Å². The maximum atomic E-state index is 13.4. The Bertz CT molecular complexity index is 1170. The molecule has 4 rings (SSSR count). The maximum Gasteiger partial charge on any atom is 0.241 e. The number of benzene rings is 1. The fourth-order valence-electron chi connectivity index (χ4n) is 3.87. The number of amides is 1. The number of aromatic amines is 1. The van der Waals surface area contributed by atoms with Crippen molar-refractivity contribution < 1.29 is 19.3 Å². The number of aromatic nitrogens is 3. The number of thiazole rings is 1. The van der Waals surface area contributed by atoms with E-state index in [0.717, 1.165) is 15.0 Å². The van der Waals surface area contributed by atoms with Crippen LogP contribution in [0.1, 0.15) is 38.4 Å². The molecule has 0 bridgehead atoms. The third-order valence-corrected chi connectivity index (χ3v) is 6.79. The normalized spacial score (nSPS) is 16.4. The Hall–Kier alpha value is -2.78. The molecule has 0 radical (unpaired) electrons. The molecule has 0 saturated heterocycles. The van der Waals surface area contributed by atoms with E-state index in [1.54, 1.807) is 6.92 Å². The van der Waals surface area contributed by atoms with Crippen molar-refractivity contribution in [3.63, 3.8) is 0 Å². The molecule has 0 saturated carbocycles. The lowest BCUT2D eigenvalue weighted by Crippen LogP contribution is -2.37. The van der Waals surface area contributed by atoms with Gasteiger partial charge in [-0.15, -0.1) is 11.3 Å². The van der Waals surface area contributed by atoms with Crippen LogP contribution in [0.5, 0.6) is 0 Å². The minimum Gasteiger partial charge on any atom is -0.868 e. The number of rotatable bonds is 7. The zero-order valence-electron chi connectivity index (χ0n) is 17.1. The van der Waals surface area contributed by atoms with Gasteiger partial charge >= 0.3 is 0 Å². The fourth-order valence-corrected chi connectivity index (χ4v) is 5.16. The number of nitrogens with zero attached hydrogens (tertiary/aromatic N) is 3. The minimum atomic E-state index is -0.727. The summed E-state index contributed by atoms with van der Waals surface area (Å²) in [4.78, 5) is 35.6. The first kappa shape index (κ1) is 21.5. The molecule has 1 aromatic carbocycles. The van der Waals surface area contributed by atoms with E-state index < -0.39 is 23.5 Å². The van der Waals surface area contributed by atoms with E-state index in [-0.39, 0.29) is 5.57 Å². The third kappa shape index (κ3) is 4.20. The first-order valence-corrected chi connectivity index (χ1v) is 11.5. The second-order valence-electron chi connectivity index (χ2n) is 7.38. The number of hydrogen-bond acceptors (Lipinski definition) is 5. The van der Waals surface area contributed by atoms with E-state index in [1.807, 2.05) is 54.5 Å². The predicted octanol–water partition coefficient (Wildman–Crippen LogP) is 2.61. The van der Waals surface area contributed by atoms with Gasteiger partial charge < -0.3 is 10.0 Å². The molecule has 1 aliphatic rings. The van der Waals surface area contributed by atoms with Gasteiger partial charge in [-0.25, -0.2) is 9.55 Å². The number of halogens is 1. The second-order valence-corrected chi connectivity index (χ2v) is 9.50. The van der Waals surface area contributed by atoms with Gasteiger partial charge in [0.25, 0.3) is 0 Å². The molecule has 1 N–H and O–H groups in total. The van der Waals surface area contributed by atoms with E-state index in [9.17, 15) is 14.7 Å². The van der Waals surface area contributed by atoms with Gasteiger partial charge in [0.05, 0.1) is 28.2 Å². The van der Waals surface area contributed by atoms with Crippen LogP contribution < -0.4 is 9.67 Å². The molecule has 160 valence electrons. The molecule has 0 spiro atoms. The van der Waals surface area contributed by atoms with Gasteiger partial charge in [-0.05, 0) is 37.3 Å². The highest BCUT2D eigenvalue weighted by Gasteiger charge is 2.40. The van der Waals surface area contributed by atoms with E-state index in [4.69, 9.17) is 0 Å². The lowest BCUT2D eigenvalue weighted by atomic mass is 9.95. The van der Waals surface area contributed by atoms with Crippen molar-refractivity contribution in [3.8, 4) is 0 Å². The van der Waals surface area contributed by atoms with Crippen LogP contribution in [0.25, 0.3) is 0 Å². The van der Waals surface area contributed by atoms with E-state index in [1.165, 1.54) is 16.2 Å². The highest BCUT2D eigenvalue weighted by molar-refractivity contribution is 9.10.